The number of Topliss-reactive ketones (excluding diaryl/α,β-unsaturated/α-hetero) is 1. The number of nitrogens with zero attached hydrogens (tertiary/aromatic N) is 2. The summed E-state index contributed by atoms with van der Waals surface area (Å²) in [4.78, 5) is 44.5. The molecule has 1 saturated heterocycles. The maximum Gasteiger partial charge on any atom is 0.338 e. The number of hydrogen-bond acceptors (Lipinski definition) is 7. The highest BCUT2D eigenvalue weighted by Crippen LogP contribution is 2.42. The fourth-order valence-corrected chi connectivity index (χ4v) is 4.05. The van der Waals surface area contributed by atoms with E-state index in [9.17, 15) is 19.5 Å². The summed E-state index contributed by atoms with van der Waals surface area (Å²) in [6.45, 7) is 5.83. The second-order valence-corrected chi connectivity index (χ2v) is 8.42. The van der Waals surface area contributed by atoms with Gasteiger partial charge in [0, 0.05) is 23.6 Å². The van der Waals surface area contributed by atoms with Crippen molar-refractivity contribution in [2.75, 3.05) is 11.5 Å². The monoisotopic (exact) mass is 486 g/mol. The number of amides is 1. The van der Waals surface area contributed by atoms with Crippen LogP contribution in [-0.2, 0) is 14.3 Å². The molecule has 2 heterocycles. The number of carbonyl (C=O) groups is 3. The van der Waals surface area contributed by atoms with Crippen molar-refractivity contribution in [3.63, 3.8) is 0 Å². The van der Waals surface area contributed by atoms with Crippen molar-refractivity contribution in [3.05, 3.63) is 95.3 Å². The third kappa shape index (κ3) is 4.84. The van der Waals surface area contributed by atoms with Crippen LogP contribution in [0, 0.1) is 0 Å². The Morgan fingerprint density at radius 3 is 2.44 bits per heavy atom. The van der Waals surface area contributed by atoms with Gasteiger partial charge in [0.1, 0.15) is 11.5 Å². The standard InChI is InChI=1S/C28H26N2O6/c1-4-35-22-12-10-18(11-13-22)25(31)23-24(20-8-6-14-29-16-20)30(27(33)26(23)32)21-9-5-7-19(15-21)28(34)36-17(2)3/h5-17,24,31H,4H2,1-3H3/b25-23+. The number of ether oxygens (including phenoxy) is 2. The lowest BCUT2D eigenvalue weighted by Crippen LogP contribution is -2.29. The maximum atomic E-state index is 13.3. The summed E-state index contributed by atoms with van der Waals surface area (Å²) in [6, 6.07) is 15.3. The number of pyridine rings is 1. The van der Waals surface area contributed by atoms with Gasteiger partial charge in [0.05, 0.1) is 29.9 Å². The molecule has 0 spiro atoms. The average Bonchev–Trinajstić information content (AvgIpc) is 3.15. The van der Waals surface area contributed by atoms with E-state index in [1.807, 2.05) is 6.92 Å². The largest absolute Gasteiger partial charge is 0.507 e. The molecule has 1 aliphatic rings. The van der Waals surface area contributed by atoms with Crippen molar-refractivity contribution in [1.29, 1.82) is 0 Å². The van der Waals surface area contributed by atoms with Crippen LogP contribution in [0.15, 0.2) is 78.6 Å². The SMILES string of the molecule is CCOc1ccc(/C(O)=C2\C(=O)C(=O)N(c3cccc(C(=O)OC(C)C)c3)C2c2cccnc2)cc1. The zero-order chi connectivity index (χ0) is 25.8. The van der Waals surface area contributed by atoms with Crippen LogP contribution in [0.1, 0.15) is 48.3 Å². The molecule has 184 valence electrons. The van der Waals surface area contributed by atoms with Crippen molar-refractivity contribution in [1.82, 2.24) is 4.98 Å². The Balaban J connectivity index is 1.84. The van der Waals surface area contributed by atoms with E-state index in [0.29, 0.717) is 29.2 Å². The number of carbonyl (C=O) groups excluding carboxylic acids is 3. The van der Waals surface area contributed by atoms with E-state index in [4.69, 9.17) is 9.47 Å². The van der Waals surface area contributed by atoms with Gasteiger partial charge >= 0.3 is 5.97 Å². The van der Waals surface area contributed by atoms with Gasteiger partial charge in [0.2, 0.25) is 0 Å². The minimum absolute atomic E-state index is 0.0766. The molecule has 8 heteroatoms. The van der Waals surface area contributed by atoms with Crippen LogP contribution in [0.4, 0.5) is 5.69 Å². The summed E-state index contributed by atoms with van der Waals surface area (Å²) in [6.07, 6.45) is 2.79. The minimum Gasteiger partial charge on any atom is -0.507 e. The molecule has 36 heavy (non-hydrogen) atoms. The number of esters is 1. The quantitative estimate of drug-likeness (QED) is 0.224. The van der Waals surface area contributed by atoms with Crippen molar-refractivity contribution in [3.8, 4) is 5.75 Å². The summed E-state index contributed by atoms with van der Waals surface area (Å²) in [5.41, 5.74) is 1.36. The zero-order valence-electron chi connectivity index (χ0n) is 20.2. The molecule has 1 atom stereocenters. The van der Waals surface area contributed by atoms with Gasteiger partial charge in [-0.05, 0) is 74.9 Å². The lowest BCUT2D eigenvalue weighted by molar-refractivity contribution is -0.132. The summed E-state index contributed by atoms with van der Waals surface area (Å²) in [5, 5.41) is 11.2. The first kappa shape index (κ1) is 24.7. The van der Waals surface area contributed by atoms with Gasteiger partial charge in [-0.15, -0.1) is 0 Å². The number of anilines is 1. The van der Waals surface area contributed by atoms with Crippen LogP contribution in [0.5, 0.6) is 5.75 Å². The highest BCUT2D eigenvalue weighted by molar-refractivity contribution is 6.51. The zero-order valence-corrected chi connectivity index (χ0v) is 20.2. The Bertz CT molecular complexity index is 1320. The van der Waals surface area contributed by atoms with E-state index < -0.39 is 23.7 Å². The highest BCUT2D eigenvalue weighted by atomic mass is 16.5. The fraction of sp³-hybridized carbons (Fsp3) is 0.214. The Labute approximate surface area is 208 Å². The smallest absolute Gasteiger partial charge is 0.338 e. The summed E-state index contributed by atoms with van der Waals surface area (Å²) in [7, 11) is 0. The predicted octanol–water partition coefficient (Wildman–Crippen LogP) is 4.67. The Morgan fingerprint density at radius 2 is 1.81 bits per heavy atom. The third-order valence-corrected chi connectivity index (χ3v) is 5.59. The number of aliphatic hydroxyl groups is 1. The molecule has 1 unspecified atom stereocenters. The second kappa shape index (κ2) is 10.4. The van der Waals surface area contributed by atoms with Crippen LogP contribution >= 0.6 is 0 Å². The Hall–Kier alpha value is -4.46. The van der Waals surface area contributed by atoms with E-state index >= 15 is 0 Å². The number of aromatic nitrogens is 1. The Morgan fingerprint density at radius 1 is 1.06 bits per heavy atom. The molecule has 3 aromatic rings. The highest BCUT2D eigenvalue weighted by Gasteiger charge is 2.47. The van der Waals surface area contributed by atoms with Gasteiger partial charge < -0.3 is 14.6 Å². The van der Waals surface area contributed by atoms with Gasteiger partial charge in [-0.25, -0.2) is 4.79 Å². The first-order valence-electron chi connectivity index (χ1n) is 11.6. The number of rotatable bonds is 7. The molecule has 1 amide bonds. The molecule has 8 nitrogen and oxygen atoms in total. The molecule has 2 aromatic carbocycles. The second-order valence-electron chi connectivity index (χ2n) is 8.42. The maximum absolute atomic E-state index is 13.3. The van der Waals surface area contributed by atoms with Crippen LogP contribution in [0.2, 0.25) is 0 Å². The van der Waals surface area contributed by atoms with E-state index in [0.717, 1.165) is 0 Å². The van der Waals surface area contributed by atoms with E-state index in [1.54, 1.807) is 74.6 Å². The summed E-state index contributed by atoms with van der Waals surface area (Å²) >= 11 is 0. The number of ketones is 1. The molecule has 1 fully saturated rings. The molecular weight excluding hydrogens is 460 g/mol. The summed E-state index contributed by atoms with van der Waals surface area (Å²) < 4.78 is 10.7. The molecule has 1 aliphatic heterocycles. The van der Waals surface area contributed by atoms with Gasteiger partial charge in [-0.2, -0.15) is 0 Å². The Kier molecular flexibility index (Phi) is 7.15. The molecule has 1 aromatic heterocycles. The number of aliphatic hydroxyl groups excluding tert-OH is 1. The van der Waals surface area contributed by atoms with E-state index in [-0.39, 0.29) is 23.0 Å². The van der Waals surface area contributed by atoms with Gasteiger partial charge in [0.15, 0.2) is 0 Å². The molecule has 4 rings (SSSR count). The predicted molar refractivity (Wildman–Crippen MR) is 134 cm³/mol. The summed E-state index contributed by atoms with van der Waals surface area (Å²) in [5.74, 6) is -1.92. The topological polar surface area (TPSA) is 106 Å². The molecule has 0 aliphatic carbocycles. The first-order chi connectivity index (χ1) is 17.3. The van der Waals surface area contributed by atoms with Crippen LogP contribution in [0.3, 0.4) is 0 Å². The van der Waals surface area contributed by atoms with Crippen LogP contribution < -0.4 is 9.64 Å². The van der Waals surface area contributed by atoms with Gasteiger partial charge in [0.25, 0.3) is 11.7 Å². The van der Waals surface area contributed by atoms with Gasteiger partial charge in [-0.3, -0.25) is 19.5 Å². The third-order valence-electron chi connectivity index (χ3n) is 5.59. The normalized spacial score (nSPS) is 16.9. The molecule has 0 bridgehead atoms. The number of benzene rings is 2. The lowest BCUT2D eigenvalue weighted by atomic mass is 9.96. The van der Waals surface area contributed by atoms with E-state index in [1.165, 1.54) is 17.2 Å². The average molecular weight is 487 g/mol. The number of hydrogen-bond donors (Lipinski definition) is 1. The molecule has 0 radical (unpaired) electrons. The van der Waals surface area contributed by atoms with Crippen LogP contribution in [-0.4, -0.2) is 40.5 Å². The molecule has 1 N–H and O–H groups in total. The van der Waals surface area contributed by atoms with Gasteiger partial charge in [-0.1, -0.05) is 12.1 Å². The minimum atomic E-state index is -0.957. The molecular formula is C28H26N2O6. The first-order valence-corrected chi connectivity index (χ1v) is 11.6. The van der Waals surface area contributed by atoms with E-state index in [2.05, 4.69) is 4.98 Å². The molecule has 0 saturated carbocycles. The van der Waals surface area contributed by atoms with Crippen LogP contribution in [0.25, 0.3) is 5.76 Å². The van der Waals surface area contributed by atoms with Crippen molar-refractivity contribution < 1.29 is 29.0 Å². The van der Waals surface area contributed by atoms with Crippen molar-refractivity contribution >= 4 is 29.1 Å². The van der Waals surface area contributed by atoms with Crippen molar-refractivity contribution in [2.24, 2.45) is 0 Å². The van der Waals surface area contributed by atoms with Crippen molar-refractivity contribution in [2.45, 2.75) is 32.9 Å². The lowest BCUT2D eigenvalue weighted by Gasteiger charge is -2.25. The fourth-order valence-electron chi connectivity index (χ4n) is 4.05.